The molecule has 1 saturated heterocycles. The van der Waals surface area contributed by atoms with E-state index in [1.54, 1.807) is 12.1 Å². The molecule has 3 atom stereocenters. The highest BCUT2D eigenvalue weighted by molar-refractivity contribution is 5.92. The largest absolute Gasteiger partial charge is 0.489 e. The minimum atomic E-state index is -0.665. The Morgan fingerprint density at radius 2 is 2.03 bits per heavy atom. The first kappa shape index (κ1) is 27.4. The Bertz CT molecular complexity index is 1350. The van der Waals surface area contributed by atoms with E-state index >= 15 is 0 Å². The summed E-state index contributed by atoms with van der Waals surface area (Å²) in [4.78, 5) is 44.8. The quantitative estimate of drug-likeness (QED) is 0.580. The number of pyridine rings is 1. The van der Waals surface area contributed by atoms with Gasteiger partial charge in [-0.3, -0.25) is 14.6 Å². The number of allylic oxidation sites excluding steroid dienone is 2. The second-order valence-corrected chi connectivity index (χ2v) is 9.60. The number of primary amides is 1. The molecule has 2 N–H and O–H groups in total. The van der Waals surface area contributed by atoms with Crippen LogP contribution in [0.5, 0.6) is 5.75 Å². The molecule has 1 aliphatic carbocycles. The number of piperazine rings is 1. The minimum Gasteiger partial charge on any atom is -0.489 e. The molecule has 0 bridgehead atoms. The summed E-state index contributed by atoms with van der Waals surface area (Å²) < 4.78 is 11.3. The fourth-order valence-corrected chi connectivity index (χ4v) is 4.76. The van der Waals surface area contributed by atoms with Crippen molar-refractivity contribution in [1.82, 2.24) is 14.8 Å². The van der Waals surface area contributed by atoms with Gasteiger partial charge in [0, 0.05) is 31.9 Å². The van der Waals surface area contributed by atoms with E-state index < -0.39 is 12.0 Å². The Morgan fingerprint density at radius 3 is 2.74 bits per heavy atom. The first-order valence-corrected chi connectivity index (χ1v) is 12.8. The summed E-state index contributed by atoms with van der Waals surface area (Å²) in [6.07, 6.45) is 8.53. The lowest BCUT2D eigenvalue weighted by Crippen LogP contribution is -2.57. The van der Waals surface area contributed by atoms with Gasteiger partial charge in [-0.1, -0.05) is 25.1 Å². The van der Waals surface area contributed by atoms with Crippen LogP contribution < -0.4 is 10.5 Å². The number of nitrogens with zero attached hydrogens (tertiary/aromatic N) is 4. The topological polar surface area (TPSA) is 139 Å². The molecule has 10 nitrogen and oxygen atoms in total. The molecule has 3 amide bonds. The van der Waals surface area contributed by atoms with E-state index in [4.69, 9.17) is 20.5 Å². The molecule has 1 fully saturated rings. The molecule has 4 rings (SSSR count). The fraction of sp³-hybridized carbons (Fsp3) is 0.345. The van der Waals surface area contributed by atoms with Gasteiger partial charge in [0.05, 0.1) is 29.3 Å². The molecule has 202 valence electrons. The Hall–Kier alpha value is -4.65. The lowest BCUT2D eigenvalue weighted by molar-refractivity contribution is -0.139. The van der Waals surface area contributed by atoms with Crippen molar-refractivity contribution in [2.24, 2.45) is 17.6 Å². The maximum atomic E-state index is 13.5. The molecular formula is C29H31N5O5. The van der Waals surface area contributed by atoms with Gasteiger partial charge >= 0.3 is 6.09 Å². The van der Waals surface area contributed by atoms with Crippen molar-refractivity contribution in [2.45, 2.75) is 32.9 Å². The van der Waals surface area contributed by atoms with Gasteiger partial charge in [-0.2, -0.15) is 5.26 Å². The number of aromatic nitrogens is 1. The van der Waals surface area contributed by atoms with E-state index in [1.165, 1.54) is 23.4 Å². The summed E-state index contributed by atoms with van der Waals surface area (Å²) >= 11 is 0. The van der Waals surface area contributed by atoms with Crippen molar-refractivity contribution in [3.8, 4) is 11.8 Å². The van der Waals surface area contributed by atoms with Crippen LogP contribution in [0, 0.1) is 23.2 Å². The third kappa shape index (κ3) is 6.62. The van der Waals surface area contributed by atoms with Crippen LogP contribution in [-0.4, -0.2) is 58.4 Å². The Kier molecular flexibility index (Phi) is 8.61. The van der Waals surface area contributed by atoms with Gasteiger partial charge in [0.2, 0.25) is 11.8 Å². The summed E-state index contributed by atoms with van der Waals surface area (Å²) in [5, 5.41) is 9.09. The molecule has 2 aromatic rings. The number of hydrogen-bond acceptors (Lipinski definition) is 7. The van der Waals surface area contributed by atoms with E-state index in [9.17, 15) is 14.4 Å². The van der Waals surface area contributed by atoms with Gasteiger partial charge in [-0.15, -0.1) is 0 Å². The number of carbonyl (C=O) groups excluding carboxylic acids is 3. The van der Waals surface area contributed by atoms with Crippen molar-refractivity contribution < 1.29 is 23.9 Å². The number of rotatable bonds is 7. The van der Waals surface area contributed by atoms with Gasteiger partial charge in [-0.05, 0) is 55.2 Å². The second-order valence-electron chi connectivity index (χ2n) is 9.60. The monoisotopic (exact) mass is 529 g/mol. The summed E-state index contributed by atoms with van der Waals surface area (Å²) in [5.74, 6) is -0.181. The van der Waals surface area contributed by atoms with Crippen LogP contribution in [0.25, 0.3) is 0 Å². The normalized spacial score (nSPS) is 20.5. The SMILES string of the molecule is CCC1C=C(OCc2cccc(C#N)c2)C=CC1C(=O)N1CCN(C(=O)Oc2cncc(C(N)=O)c2)CC1C. The van der Waals surface area contributed by atoms with Crippen LogP contribution in [-0.2, 0) is 16.1 Å². The number of benzene rings is 1. The van der Waals surface area contributed by atoms with Gasteiger partial charge in [0.15, 0.2) is 5.75 Å². The van der Waals surface area contributed by atoms with Crippen molar-refractivity contribution in [3.05, 3.63) is 83.4 Å². The number of nitriles is 1. The number of ether oxygens (including phenoxy) is 2. The highest BCUT2D eigenvalue weighted by Crippen LogP contribution is 2.30. The predicted molar refractivity (Wildman–Crippen MR) is 142 cm³/mol. The highest BCUT2D eigenvalue weighted by Gasteiger charge is 2.36. The molecule has 1 aromatic carbocycles. The third-order valence-electron chi connectivity index (χ3n) is 6.90. The predicted octanol–water partition coefficient (Wildman–Crippen LogP) is 3.40. The molecule has 1 aromatic heterocycles. The molecule has 0 radical (unpaired) electrons. The molecule has 39 heavy (non-hydrogen) atoms. The molecule has 1 aliphatic heterocycles. The van der Waals surface area contributed by atoms with Crippen LogP contribution in [0.15, 0.2) is 66.7 Å². The molecule has 10 heteroatoms. The number of amides is 3. The van der Waals surface area contributed by atoms with Crippen molar-refractivity contribution in [2.75, 3.05) is 19.6 Å². The summed E-state index contributed by atoms with van der Waals surface area (Å²) in [5.41, 5.74) is 6.89. The molecule has 3 unspecified atom stereocenters. The zero-order valence-electron chi connectivity index (χ0n) is 21.9. The van der Waals surface area contributed by atoms with E-state index in [0.717, 1.165) is 12.0 Å². The second kappa shape index (κ2) is 12.3. The number of carbonyl (C=O) groups is 3. The Balaban J connectivity index is 1.33. The number of hydrogen-bond donors (Lipinski definition) is 1. The van der Waals surface area contributed by atoms with Crippen LogP contribution in [0.4, 0.5) is 4.79 Å². The maximum absolute atomic E-state index is 13.5. The Morgan fingerprint density at radius 1 is 1.21 bits per heavy atom. The first-order chi connectivity index (χ1) is 18.8. The van der Waals surface area contributed by atoms with Gasteiger partial charge in [-0.25, -0.2) is 4.79 Å². The fourth-order valence-electron chi connectivity index (χ4n) is 4.76. The van der Waals surface area contributed by atoms with Gasteiger partial charge < -0.3 is 25.0 Å². The molecular weight excluding hydrogens is 498 g/mol. The van der Waals surface area contributed by atoms with E-state index in [1.807, 2.05) is 49.1 Å². The van der Waals surface area contributed by atoms with Crippen molar-refractivity contribution >= 4 is 17.9 Å². The first-order valence-electron chi connectivity index (χ1n) is 12.8. The summed E-state index contributed by atoms with van der Waals surface area (Å²) in [6.45, 7) is 5.27. The molecule has 0 spiro atoms. The van der Waals surface area contributed by atoms with E-state index in [2.05, 4.69) is 11.1 Å². The van der Waals surface area contributed by atoms with E-state index in [-0.39, 0.29) is 35.1 Å². The van der Waals surface area contributed by atoms with Gasteiger partial charge in [0.1, 0.15) is 12.4 Å². The number of nitrogens with two attached hydrogens (primary N) is 1. The minimum absolute atomic E-state index is 0.00833. The zero-order chi connectivity index (χ0) is 27.9. The van der Waals surface area contributed by atoms with Crippen LogP contribution in [0.3, 0.4) is 0 Å². The summed E-state index contributed by atoms with van der Waals surface area (Å²) in [7, 11) is 0. The van der Waals surface area contributed by atoms with Crippen LogP contribution in [0.2, 0.25) is 0 Å². The molecule has 0 saturated carbocycles. The third-order valence-corrected chi connectivity index (χ3v) is 6.90. The van der Waals surface area contributed by atoms with Crippen molar-refractivity contribution in [1.29, 1.82) is 5.26 Å². The lowest BCUT2D eigenvalue weighted by atomic mass is 9.84. The smallest absolute Gasteiger partial charge is 0.415 e. The lowest BCUT2D eigenvalue weighted by Gasteiger charge is -2.41. The average molecular weight is 530 g/mol. The highest BCUT2D eigenvalue weighted by atomic mass is 16.6. The Labute approximate surface area is 227 Å². The zero-order valence-corrected chi connectivity index (χ0v) is 21.9. The van der Waals surface area contributed by atoms with Gasteiger partial charge in [0.25, 0.3) is 0 Å². The summed E-state index contributed by atoms with van der Waals surface area (Å²) in [6, 6.07) is 10.6. The molecule has 2 aliphatic rings. The van der Waals surface area contributed by atoms with Crippen molar-refractivity contribution in [3.63, 3.8) is 0 Å². The maximum Gasteiger partial charge on any atom is 0.415 e. The molecule has 2 heterocycles. The van der Waals surface area contributed by atoms with E-state index in [0.29, 0.717) is 37.6 Å². The van der Waals surface area contributed by atoms with Crippen LogP contribution in [0.1, 0.15) is 41.8 Å². The van der Waals surface area contributed by atoms with Crippen LogP contribution >= 0.6 is 0 Å². The average Bonchev–Trinajstić information content (AvgIpc) is 2.95. The standard InChI is InChI=1S/C29H31N5O5/c1-3-22-12-24(38-18-21-6-4-5-20(11-21)14-30)7-8-26(22)28(36)34-10-9-33(17-19(34)2)29(37)39-25-13-23(27(31)35)15-32-16-25/h4-8,11-13,15-16,19,22,26H,3,9-10,17-18H2,1-2H3,(H2,31,35).